The summed E-state index contributed by atoms with van der Waals surface area (Å²) in [6.07, 6.45) is 29.7. The van der Waals surface area contributed by atoms with Crippen LogP contribution in [0, 0.1) is 17.9 Å². The van der Waals surface area contributed by atoms with Gasteiger partial charge in [-0.25, -0.2) is 0 Å². The number of aromatic nitrogens is 1. The summed E-state index contributed by atoms with van der Waals surface area (Å²) in [6.45, 7) is 16.5. The van der Waals surface area contributed by atoms with Crippen LogP contribution in [0.25, 0.3) is 21.8 Å². The lowest BCUT2D eigenvalue weighted by Gasteiger charge is -2.37. The monoisotopic (exact) mass is 742 g/mol. The molecule has 1 heterocycles. The van der Waals surface area contributed by atoms with Gasteiger partial charge in [0, 0.05) is 28.4 Å². The van der Waals surface area contributed by atoms with Crippen molar-refractivity contribution < 1.29 is 19.5 Å². The van der Waals surface area contributed by atoms with E-state index >= 15 is 0 Å². The lowest BCUT2D eigenvalue weighted by molar-refractivity contribution is -0.0893. The molecule has 1 unspecified atom stereocenters. The molecule has 0 aliphatic rings. The SMILES string of the molecule is CCCCCCCCCCCCC(CCCCCCCCCC)Cn1c2cc(BOC#CC(C)(C)O)ccc2c2ccc(BOC(C)(C)C(C)(C)O)cc21. The highest BCUT2D eigenvalue weighted by atomic mass is 16.5. The zero-order valence-corrected chi connectivity index (χ0v) is 36.0. The van der Waals surface area contributed by atoms with Crippen LogP contribution in [0.2, 0.25) is 0 Å². The molecule has 0 fully saturated rings. The summed E-state index contributed by atoms with van der Waals surface area (Å²) in [6, 6.07) is 13.4. The fourth-order valence-electron chi connectivity index (χ4n) is 7.36. The Hall–Kier alpha value is -2.39. The van der Waals surface area contributed by atoms with E-state index in [1.54, 1.807) is 13.8 Å². The van der Waals surface area contributed by atoms with Crippen LogP contribution in [0.15, 0.2) is 36.4 Å². The Kier molecular flexibility index (Phi) is 20.1. The maximum atomic E-state index is 10.7. The normalized spacial score (nSPS) is 12.9. The first kappa shape index (κ1) is 46.0. The summed E-state index contributed by atoms with van der Waals surface area (Å²) in [5, 5.41) is 23.3. The highest BCUT2D eigenvalue weighted by Crippen LogP contribution is 2.31. The quantitative estimate of drug-likeness (QED) is 0.0442. The van der Waals surface area contributed by atoms with E-state index in [0.29, 0.717) is 20.9 Å². The first-order chi connectivity index (χ1) is 25.8. The molecule has 0 saturated carbocycles. The summed E-state index contributed by atoms with van der Waals surface area (Å²) in [5.74, 6) is 3.38. The Morgan fingerprint density at radius 3 is 1.46 bits per heavy atom. The molecule has 1 atom stereocenters. The molecule has 0 saturated heterocycles. The van der Waals surface area contributed by atoms with Gasteiger partial charge in [-0.1, -0.05) is 159 Å². The van der Waals surface area contributed by atoms with Crippen LogP contribution >= 0.6 is 0 Å². The van der Waals surface area contributed by atoms with Gasteiger partial charge in [0.15, 0.2) is 0 Å². The number of nitrogens with zero attached hydrogens (tertiary/aromatic N) is 1. The minimum atomic E-state index is -1.09. The molecule has 0 amide bonds. The second kappa shape index (κ2) is 23.6. The summed E-state index contributed by atoms with van der Waals surface area (Å²) in [5.41, 5.74) is 1.94. The predicted octanol–water partition coefficient (Wildman–Crippen LogP) is 10.5. The molecule has 0 radical (unpaired) electrons. The Morgan fingerprint density at radius 2 is 1.04 bits per heavy atom. The Bertz CT molecular complexity index is 1560. The molecule has 1 aromatic heterocycles. The van der Waals surface area contributed by atoms with Crippen molar-refractivity contribution in [1.29, 1.82) is 0 Å². The molecule has 7 heteroatoms. The number of rotatable bonds is 28. The van der Waals surface area contributed by atoms with Gasteiger partial charge in [0.2, 0.25) is 0 Å². The van der Waals surface area contributed by atoms with E-state index in [-0.39, 0.29) is 0 Å². The first-order valence-electron chi connectivity index (χ1n) is 22.0. The zero-order chi connectivity index (χ0) is 39.5. The van der Waals surface area contributed by atoms with Gasteiger partial charge in [-0.3, -0.25) is 0 Å². The third-order valence-corrected chi connectivity index (χ3v) is 11.6. The van der Waals surface area contributed by atoms with Crippen molar-refractivity contribution in [3.8, 4) is 12.0 Å². The van der Waals surface area contributed by atoms with E-state index in [2.05, 4.69) is 66.8 Å². The molecule has 0 aliphatic heterocycles. The van der Waals surface area contributed by atoms with E-state index in [4.69, 9.17) is 9.31 Å². The minimum Gasteiger partial charge on any atom is -0.514 e. The summed E-state index contributed by atoms with van der Waals surface area (Å²) < 4.78 is 14.6. The molecule has 54 heavy (non-hydrogen) atoms. The lowest BCUT2D eigenvalue weighted by atomic mass is 9.82. The number of aliphatic hydroxyl groups is 2. The predicted molar refractivity (Wildman–Crippen MR) is 237 cm³/mol. The smallest absolute Gasteiger partial charge is 0.387 e. The van der Waals surface area contributed by atoms with Crippen LogP contribution in [0.3, 0.4) is 0 Å². The largest absolute Gasteiger partial charge is 0.514 e. The molecular weight excluding hydrogens is 664 g/mol. The van der Waals surface area contributed by atoms with Crippen LogP contribution in [-0.2, 0) is 15.9 Å². The van der Waals surface area contributed by atoms with Gasteiger partial charge in [0.05, 0.1) is 17.3 Å². The van der Waals surface area contributed by atoms with E-state index in [1.807, 2.05) is 27.7 Å². The van der Waals surface area contributed by atoms with Gasteiger partial charge < -0.3 is 24.1 Å². The van der Waals surface area contributed by atoms with Gasteiger partial charge >= 0.3 is 15.0 Å². The molecule has 0 bridgehead atoms. The average Bonchev–Trinajstić information content (AvgIpc) is 3.41. The second-order valence-electron chi connectivity index (χ2n) is 17.8. The molecule has 2 N–H and O–H groups in total. The van der Waals surface area contributed by atoms with Gasteiger partial charge in [-0.2, -0.15) is 0 Å². The Labute approximate surface area is 332 Å². The Morgan fingerprint density at radius 1 is 0.611 bits per heavy atom. The van der Waals surface area contributed by atoms with Gasteiger partial charge in [-0.05, 0) is 83.8 Å². The summed E-state index contributed by atoms with van der Waals surface area (Å²) >= 11 is 0. The third kappa shape index (κ3) is 16.4. The van der Waals surface area contributed by atoms with E-state index < -0.39 is 16.8 Å². The number of fused-ring (bicyclic) bond motifs is 3. The van der Waals surface area contributed by atoms with E-state index in [1.165, 1.54) is 150 Å². The highest BCUT2D eigenvalue weighted by molar-refractivity contribution is 6.48. The number of unbranched alkanes of at least 4 members (excludes halogenated alkanes) is 16. The molecule has 3 rings (SSSR count). The van der Waals surface area contributed by atoms with Gasteiger partial charge in [-0.15, -0.1) is 0 Å². The maximum Gasteiger partial charge on any atom is 0.387 e. The average molecular weight is 742 g/mol. The molecule has 3 aromatic rings. The van der Waals surface area contributed by atoms with Gasteiger partial charge in [0.25, 0.3) is 0 Å². The number of hydrogen-bond donors (Lipinski definition) is 2. The van der Waals surface area contributed by atoms with Crippen LogP contribution in [0.4, 0.5) is 0 Å². The first-order valence-corrected chi connectivity index (χ1v) is 22.0. The fraction of sp³-hybridized carbons (Fsp3) is 0.702. The number of hydrogen-bond acceptors (Lipinski definition) is 4. The molecule has 2 aromatic carbocycles. The Balaban J connectivity index is 1.85. The van der Waals surface area contributed by atoms with Crippen molar-refractivity contribution >= 4 is 47.7 Å². The van der Waals surface area contributed by atoms with Gasteiger partial charge in [0.1, 0.15) is 5.60 Å². The topological polar surface area (TPSA) is 63.9 Å². The molecule has 300 valence electrons. The van der Waals surface area contributed by atoms with Crippen molar-refractivity contribution in [2.75, 3.05) is 0 Å². The molecule has 0 aliphatic carbocycles. The highest BCUT2D eigenvalue weighted by Gasteiger charge is 2.35. The van der Waals surface area contributed by atoms with Crippen molar-refractivity contribution in [2.45, 2.75) is 207 Å². The van der Waals surface area contributed by atoms with Crippen molar-refractivity contribution in [2.24, 2.45) is 5.92 Å². The van der Waals surface area contributed by atoms with Crippen molar-refractivity contribution in [3.05, 3.63) is 36.4 Å². The molecule has 0 spiro atoms. The van der Waals surface area contributed by atoms with Crippen molar-refractivity contribution in [3.63, 3.8) is 0 Å². The fourth-order valence-corrected chi connectivity index (χ4v) is 7.36. The van der Waals surface area contributed by atoms with E-state index in [0.717, 1.165) is 17.5 Å². The molecule has 5 nitrogen and oxygen atoms in total. The van der Waals surface area contributed by atoms with Crippen LogP contribution < -0.4 is 10.9 Å². The third-order valence-electron chi connectivity index (χ3n) is 11.6. The second-order valence-corrected chi connectivity index (χ2v) is 17.8. The standard InChI is InChI=1S/C47H77B2NO4/c1-9-11-13-15-17-19-20-22-24-26-28-38(27-25-23-21-18-16-14-12-10-2)37-50-43-35-39(48-53-34-33-45(3,4)51)29-31-41(43)42-32-30-40(36-44(42)50)49-54-47(7,8)46(5,6)52/h29-32,35-36,38,48-49,51-52H,9-28,37H2,1-8H3. The van der Waals surface area contributed by atoms with Crippen LogP contribution in [0.5, 0.6) is 0 Å². The van der Waals surface area contributed by atoms with Crippen LogP contribution in [0.1, 0.15) is 184 Å². The van der Waals surface area contributed by atoms with Crippen molar-refractivity contribution in [1.82, 2.24) is 4.57 Å². The minimum absolute atomic E-state index is 0.367. The van der Waals surface area contributed by atoms with E-state index in [9.17, 15) is 10.2 Å². The number of benzene rings is 2. The summed E-state index contributed by atoms with van der Waals surface area (Å²) in [4.78, 5) is 0. The molecular formula is C47H77B2NO4. The van der Waals surface area contributed by atoms with Crippen LogP contribution in [-0.4, -0.2) is 46.5 Å². The maximum absolute atomic E-state index is 10.7. The zero-order valence-electron chi connectivity index (χ0n) is 36.0. The lowest BCUT2D eigenvalue weighted by Crippen LogP contribution is -2.49. The summed E-state index contributed by atoms with van der Waals surface area (Å²) in [7, 11) is 0.805.